The summed E-state index contributed by atoms with van der Waals surface area (Å²) in [7, 11) is 0. The number of ether oxygens (including phenoxy) is 1. The van der Waals surface area contributed by atoms with Crippen molar-refractivity contribution >= 4 is 5.97 Å². The van der Waals surface area contributed by atoms with E-state index in [1.807, 2.05) is 0 Å². The second-order valence-electron chi connectivity index (χ2n) is 6.93. The van der Waals surface area contributed by atoms with Crippen LogP contribution in [-0.2, 0) is 9.53 Å². The second-order valence-corrected chi connectivity index (χ2v) is 6.93. The van der Waals surface area contributed by atoms with Gasteiger partial charge in [0.25, 0.3) is 0 Å². The molecule has 0 aliphatic rings. The van der Waals surface area contributed by atoms with Gasteiger partial charge in [0.2, 0.25) is 0 Å². The first kappa shape index (κ1) is 23.0. The SMILES string of the molecule is C#CCCCCOC(=O)C(CCCCCC)CCCCCCCC. The van der Waals surface area contributed by atoms with Gasteiger partial charge < -0.3 is 4.74 Å². The molecule has 2 nitrogen and oxygen atoms in total. The van der Waals surface area contributed by atoms with Crippen LogP contribution in [0.3, 0.4) is 0 Å². The van der Waals surface area contributed by atoms with Gasteiger partial charge in [0.1, 0.15) is 0 Å². The summed E-state index contributed by atoms with van der Waals surface area (Å²) in [5.41, 5.74) is 0. The molecular formula is C22H40O2. The smallest absolute Gasteiger partial charge is 0.308 e. The Kier molecular flexibility index (Phi) is 17.6. The average molecular weight is 337 g/mol. The highest BCUT2D eigenvalue weighted by molar-refractivity contribution is 5.72. The van der Waals surface area contributed by atoms with Gasteiger partial charge in [-0.2, -0.15) is 0 Å². The van der Waals surface area contributed by atoms with Gasteiger partial charge in [-0.1, -0.05) is 78.1 Å². The molecule has 0 saturated carbocycles. The number of rotatable bonds is 17. The minimum absolute atomic E-state index is 0.0285. The number of terminal acetylenes is 1. The van der Waals surface area contributed by atoms with Crippen molar-refractivity contribution in [3.63, 3.8) is 0 Å². The maximum Gasteiger partial charge on any atom is 0.308 e. The van der Waals surface area contributed by atoms with E-state index in [1.165, 1.54) is 51.4 Å². The van der Waals surface area contributed by atoms with E-state index in [0.717, 1.165) is 44.9 Å². The maximum atomic E-state index is 12.3. The molecule has 2 heteroatoms. The Labute approximate surface area is 151 Å². The molecule has 0 N–H and O–H groups in total. The van der Waals surface area contributed by atoms with Gasteiger partial charge in [-0.05, 0) is 25.7 Å². The summed E-state index contributed by atoms with van der Waals surface area (Å²) >= 11 is 0. The Morgan fingerprint density at radius 3 is 1.96 bits per heavy atom. The fraction of sp³-hybridized carbons (Fsp3) is 0.864. The molecule has 0 amide bonds. The molecule has 0 aromatic rings. The maximum absolute atomic E-state index is 12.3. The minimum atomic E-state index is 0.0285. The molecule has 0 spiro atoms. The van der Waals surface area contributed by atoms with Crippen molar-refractivity contribution < 1.29 is 9.53 Å². The summed E-state index contributed by atoms with van der Waals surface area (Å²) < 4.78 is 5.50. The highest BCUT2D eigenvalue weighted by Crippen LogP contribution is 2.20. The van der Waals surface area contributed by atoms with Gasteiger partial charge in [0.15, 0.2) is 0 Å². The van der Waals surface area contributed by atoms with Crippen molar-refractivity contribution in [3.05, 3.63) is 0 Å². The molecule has 1 atom stereocenters. The summed E-state index contributed by atoms with van der Waals surface area (Å²) in [5, 5.41) is 0. The molecule has 24 heavy (non-hydrogen) atoms. The average Bonchev–Trinajstić information content (AvgIpc) is 2.59. The van der Waals surface area contributed by atoms with Crippen LogP contribution in [0.2, 0.25) is 0 Å². The lowest BCUT2D eigenvalue weighted by Gasteiger charge is -2.16. The third kappa shape index (κ3) is 14.6. The summed E-state index contributed by atoms with van der Waals surface area (Å²) in [6.45, 7) is 4.99. The molecule has 0 bridgehead atoms. The summed E-state index contributed by atoms with van der Waals surface area (Å²) in [6, 6.07) is 0. The summed E-state index contributed by atoms with van der Waals surface area (Å²) in [5.74, 6) is 2.77. The molecule has 0 aliphatic carbocycles. The Balaban J connectivity index is 4.01. The van der Waals surface area contributed by atoms with Crippen molar-refractivity contribution in [2.45, 2.75) is 110 Å². The van der Waals surface area contributed by atoms with E-state index in [4.69, 9.17) is 11.2 Å². The zero-order chi connectivity index (χ0) is 17.9. The highest BCUT2D eigenvalue weighted by atomic mass is 16.5. The fourth-order valence-corrected chi connectivity index (χ4v) is 2.99. The molecule has 1 unspecified atom stereocenters. The number of esters is 1. The second kappa shape index (κ2) is 18.4. The van der Waals surface area contributed by atoms with Crippen molar-refractivity contribution in [1.29, 1.82) is 0 Å². The normalized spacial score (nSPS) is 11.9. The lowest BCUT2D eigenvalue weighted by molar-refractivity contribution is -0.149. The Morgan fingerprint density at radius 1 is 0.833 bits per heavy atom. The Hall–Kier alpha value is -0.970. The van der Waals surface area contributed by atoms with Gasteiger partial charge in [-0.25, -0.2) is 0 Å². The van der Waals surface area contributed by atoms with Crippen molar-refractivity contribution in [1.82, 2.24) is 0 Å². The monoisotopic (exact) mass is 336 g/mol. The first-order valence-corrected chi connectivity index (χ1v) is 10.4. The third-order valence-electron chi connectivity index (χ3n) is 4.61. The van der Waals surface area contributed by atoms with Gasteiger partial charge in [-0.3, -0.25) is 4.79 Å². The van der Waals surface area contributed by atoms with Crippen LogP contribution in [0.25, 0.3) is 0 Å². The summed E-state index contributed by atoms with van der Waals surface area (Å²) in [4.78, 5) is 12.3. The Morgan fingerprint density at radius 2 is 1.38 bits per heavy atom. The van der Waals surface area contributed by atoms with E-state index >= 15 is 0 Å². The van der Waals surface area contributed by atoms with Crippen molar-refractivity contribution in [2.75, 3.05) is 6.61 Å². The Bertz CT molecular complexity index is 316. The molecule has 0 radical (unpaired) electrons. The molecule has 140 valence electrons. The van der Waals surface area contributed by atoms with Crippen LogP contribution in [0.1, 0.15) is 110 Å². The van der Waals surface area contributed by atoms with Crippen LogP contribution in [0.4, 0.5) is 0 Å². The molecule has 0 rings (SSSR count). The predicted octanol–water partition coefficient (Wildman–Crippen LogP) is 6.67. The first-order chi connectivity index (χ1) is 11.8. The zero-order valence-electron chi connectivity index (χ0n) is 16.3. The molecule has 0 aromatic carbocycles. The van der Waals surface area contributed by atoms with Crippen LogP contribution in [-0.4, -0.2) is 12.6 Å². The van der Waals surface area contributed by atoms with Gasteiger partial charge in [0.05, 0.1) is 12.5 Å². The van der Waals surface area contributed by atoms with E-state index in [2.05, 4.69) is 19.8 Å². The van der Waals surface area contributed by atoms with Crippen LogP contribution in [0.15, 0.2) is 0 Å². The quantitative estimate of drug-likeness (QED) is 0.168. The number of carbonyl (C=O) groups is 1. The predicted molar refractivity (Wildman–Crippen MR) is 104 cm³/mol. The summed E-state index contributed by atoms with van der Waals surface area (Å²) in [6.07, 6.45) is 22.4. The van der Waals surface area contributed by atoms with Gasteiger partial charge >= 0.3 is 5.97 Å². The van der Waals surface area contributed by atoms with E-state index in [9.17, 15) is 4.79 Å². The molecule has 0 aliphatic heterocycles. The minimum Gasteiger partial charge on any atom is -0.465 e. The van der Waals surface area contributed by atoms with E-state index in [-0.39, 0.29) is 11.9 Å². The number of hydrogen-bond donors (Lipinski definition) is 0. The van der Waals surface area contributed by atoms with Crippen molar-refractivity contribution in [2.24, 2.45) is 5.92 Å². The van der Waals surface area contributed by atoms with Crippen LogP contribution >= 0.6 is 0 Å². The lowest BCUT2D eigenvalue weighted by atomic mass is 9.94. The molecule has 0 aromatic heterocycles. The number of carbonyl (C=O) groups excluding carboxylic acids is 1. The molecule has 0 heterocycles. The molecule has 0 saturated heterocycles. The fourth-order valence-electron chi connectivity index (χ4n) is 2.99. The van der Waals surface area contributed by atoms with E-state index < -0.39 is 0 Å². The van der Waals surface area contributed by atoms with Crippen LogP contribution in [0.5, 0.6) is 0 Å². The van der Waals surface area contributed by atoms with Gasteiger partial charge in [-0.15, -0.1) is 12.3 Å². The van der Waals surface area contributed by atoms with E-state index in [0.29, 0.717) is 6.61 Å². The number of hydrogen-bond acceptors (Lipinski definition) is 2. The van der Waals surface area contributed by atoms with Crippen molar-refractivity contribution in [3.8, 4) is 12.3 Å². The standard InChI is InChI=1S/C22H40O2/c1-4-7-10-13-14-16-19-21(18-15-11-8-5-2)22(23)24-20-17-12-9-6-3/h3,21H,4-5,7-20H2,1-2H3. The zero-order valence-corrected chi connectivity index (χ0v) is 16.3. The molecular weight excluding hydrogens is 296 g/mol. The van der Waals surface area contributed by atoms with Crippen LogP contribution in [0, 0.1) is 18.3 Å². The van der Waals surface area contributed by atoms with Crippen LogP contribution < -0.4 is 0 Å². The lowest BCUT2D eigenvalue weighted by Crippen LogP contribution is -2.18. The molecule has 0 fully saturated rings. The topological polar surface area (TPSA) is 26.3 Å². The third-order valence-corrected chi connectivity index (χ3v) is 4.61. The van der Waals surface area contributed by atoms with E-state index in [1.54, 1.807) is 0 Å². The highest BCUT2D eigenvalue weighted by Gasteiger charge is 2.19. The largest absolute Gasteiger partial charge is 0.465 e. The first-order valence-electron chi connectivity index (χ1n) is 10.4. The number of unbranched alkanes of at least 4 members (excludes halogenated alkanes) is 10. The van der Waals surface area contributed by atoms with Gasteiger partial charge in [0, 0.05) is 6.42 Å².